The van der Waals surface area contributed by atoms with Crippen LogP contribution >= 0.6 is 15.9 Å². The largest absolute Gasteiger partial charge is 0.444 e. The Hall–Kier alpha value is -1.63. The molecule has 96 valence electrons. The zero-order valence-electron chi connectivity index (χ0n) is 10.2. The predicted octanol–water partition coefficient (Wildman–Crippen LogP) is 2.31. The highest BCUT2D eigenvalue weighted by atomic mass is 79.9. The van der Waals surface area contributed by atoms with Gasteiger partial charge in [0.05, 0.1) is 6.54 Å². The molecule has 2 rings (SSSR count). The van der Waals surface area contributed by atoms with E-state index < -0.39 is 0 Å². The van der Waals surface area contributed by atoms with Gasteiger partial charge in [-0.2, -0.15) is 4.98 Å². The van der Waals surface area contributed by atoms with Crippen LogP contribution in [0, 0.1) is 13.8 Å². The first kappa shape index (κ1) is 12.8. The van der Waals surface area contributed by atoms with Crippen molar-refractivity contribution in [2.45, 2.75) is 20.4 Å². The zero-order chi connectivity index (χ0) is 13.3. The van der Waals surface area contributed by atoms with Gasteiger partial charge in [-0.1, -0.05) is 5.16 Å². The minimum atomic E-state index is -0.222. The number of halogens is 1. The molecule has 0 bridgehead atoms. The van der Waals surface area contributed by atoms with Crippen molar-refractivity contribution in [2.24, 2.45) is 0 Å². The van der Waals surface area contributed by atoms with Crippen molar-refractivity contribution in [3.05, 3.63) is 33.8 Å². The molecule has 6 nitrogen and oxygen atoms in total. The molecule has 0 unspecified atom stereocenters. The van der Waals surface area contributed by atoms with Crippen LogP contribution in [0.25, 0.3) is 0 Å². The van der Waals surface area contributed by atoms with E-state index in [1.54, 1.807) is 20.0 Å². The molecule has 18 heavy (non-hydrogen) atoms. The van der Waals surface area contributed by atoms with Crippen molar-refractivity contribution < 1.29 is 13.7 Å². The number of aromatic nitrogens is 2. The van der Waals surface area contributed by atoms with E-state index in [0.717, 1.165) is 5.56 Å². The van der Waals surface area contributed by atoms with E-state index in [-0.39, 0.29) is 12.5 Å². The Balaban J connectivity index is 2.11. The lowest BCUT2D eigenvalue weighted by Crippen LogP contribution is -2.26. The smallest absolute Gasteiger partial charge is 0.290 e. The Labute approximate surface area is 112 Å². The normalized spacial score (nSPS) is 10.7. The predicted molar refractivity (Wildman–Crippen MR) is 66.0 cm³/mol. The summed E-state index contributed by atoms with van der Waals surface area (Å²) in [7, 11) is 1.66. The fourth-order valence-electron chi connectivity index (χ4n) is 1.52. The minimum absolute atomic E-state index is 0.222. The SMILES string of the molecule is Cc1nc(CN(C)C(=O)c2oc(Br)cc2C)no1. The lowest BCUT2D eigenvalue weighted by molar-refractivity contribution is 0.0746. The summed E-state index contributed by atoms with van der Waals surface area (Å²) in [5.41, 5.74) is 0.781. The van der Waals surface area contributed by atoms with Crippen LogP contribution in [0.4, 0.5) is 0 Å². The summed E-state index contributed by atoms with van der Waals surface area (Å²) in [6.45, 7) is 3.79. The number of furan rings is 1. The van der Waals surface area contributed by atoms with Crippen LogP contribution in [0.15, 0.2) is 19.7 Å². The molecule has 7 heteroatoms. The number of hydrogen-bond donors (Lipinski definition) is 0. The quantitative estimate of drug-likeness (QED) is 0.869. The summed E-state index contributed by atoms with van der Waals surface area (Å²) in [6.07, 6.45) is 0. The summed E-state index contributed by atoms with van der Waals surface area (Å²) in [5.74, 6) is 1.03. The topological polar surface area (TPSA) is 72.4 Å². The molecule has 0 spiro atoms. The molecule has 0 saturated heterocycles. The van der Waals surface area contributed by atoms with Gasteiger partial charge in [0.2, 0.25) is 5.89 Å². The van der Waals surface area contributed by atoms with E-state index in [0.29, 0.717) is 22.1 Å². The third kappa shape index (κ3) is 2.61. The van der Waals surface area contributed by atoms with Gasteiger partial charge in [0.15, 0.2) is 16.3 Å². The Kier molecular flexibility index (Phi) is 3.51. The molecule has 0 aliphatic rings. The number of amides is 1. The molecule has 2 aromatic heterocycles. The monoisotopic (exact) mass is 313 g/mol. The second-order valence-corrected chi connectivity index (χ2v) is 4.74. The highest BCUT2D eigenvalue weighted by molar-refractivity contribution is 9.10. The second kappa shape index (κ2) is 4.93. The van der Waals surface area contributed by atoms with Crippen molar-refractivity contribution in [1.82, 2.24) is 15.0 Å². The molecule has 0 aliphatic heterocycles. The fraction of sp³-hybridized carbons (Fsp3) is 0.364. The molecule has 2 heterocycles. The fourth-order valence-corrected chi connectivity index (χ4v) is 2.02. The number of aryl methyl sites for hydroxylation is 2. The average molecular weight is 314 g/mol. The van der Waals surface area contributed by atoms with Crippen LogP contribution < -0.4 is 0 Å². The Morgan fingerprint density at radius 2 is 2.22 bits per heavy atom. The zero-order valence-corrected chi connectivity index (χ0v) is 11.8. The minimum Gasteiger partial charge on any atom is -0.444 e. The van der Waals surface area contributed by atoms with Gasteiger partial charge in [-0.15, -0.1) is 0 Å². The average Bonchev–Trinajstić information content (AvgIpc) is 2.84. The summed E-state index contributed by atoms with van der Waals surface area (Å²) >= 11 is 3.19. The van der Waals surface area contributed by atoms with Gasteiger partial charge in [0, 0.05) is 19.5 Å². The standard InChI is InChI=1S/C11H12BrN3O3/c1-6-4-8(12)17-10(6)11(16)15(3)5-9-13-7(2)18-14-9/h4H,5H2,1-3H3. The molecule has 0 aliphatic carbocycles. The van der Waals surface area contributed by atoms with E-state index in [4.69, 9.17) is 8.94 Å². The van der Waals surface area contributed by atoms with Gasteiger partial charge in [0.25, 0.3) is 5.91 Å². The summed E-state index contributed by atoms with van der Waals surface area (Å²) in [4.78, 5) is 17.6. The van der Waals surface area contributed by atoms with Crippen molar-refractivity contribution in [2.75, 3.05) is 7.05 Å². The summed E-state index contributed by atoms with van der Waals surface area (Å²) < 4.78 is 10.7. The number of carbonyl (C=O) groups excluding carboxylic acids is 1. The van der Waals surface area contributed by atoms with E-state index in [1.165, 1.54) is 4.90 Å². The molecule has 2 aromatic rings. The summed E-state index contributed by atoms with van der Waals surface area (Å²) in [5, 5.41) is 3.74. The molecule has 0 saturated carbocycles. The number of carbonyl (C=O) groups is 1. The van der Waals surface area contributed by atoms with Gasteiger partial charge in [-0.05, 0) is 28.9 Å². The van der Waals surface area contributed by atoms with Gasteiger partial charge in [-0.25, -0.2) is 0 Å². The first-order valence-electron chi connectivity index (χ1n) is 5.28. The first-order chi connectivity index (χ1) is 8.47. The first-order valence-corrected chi connectivity index (χ1v) is 6.07. The maximum absolute atomic E-state index is 12.1. The van der Waals surface area contributed by atoms with Crippen molar-refractivity contribution >= 4 is 21.8 Å². The van der Waals surface area contributed by atoms with Crippen molar-refractivity contribution in [3.63, 3.8) is 0 Å². The molecular formula is C11H12BrN3O3. The Morgan fingerprint density at radius 1 is 1.50 bits per heavy atom. The van der Waals surface area contributed by atoms with Gasteiger partial charge >= 0.3 is 0 Å². The lowest BCUT2D eigenvalue weighted by Gasteiger charge is -2.13. The molecular weight excluding hydrogens is 302 g/mol. The summed E-state index contributed by atoms with van der Waals surface area (Å²) in [6, 6.07) is 1.75. The molecule has 0 N–H and O–H groups in total. The van der Waals surface area contributed by atoms with Crippen LogP contribution in [0.1, 0.15) is 27.8 Å². The Morgan fingerprint density at radius 3 is 2.72 bits per heavy atom. The van der Waals surface area contributed by atoms with Crippen LogP contribution in [0.5, 0.6) is 0 Å². The van der Waals surface area contributed by atoms with Crippen molar-refractivity contribution in [1.29, 1.82) is 0 Å². The maximum Gasteiger partial charge on any atom is 0.290 e. The van der Waals surface area contributed by atoms with Gasteiger partial charge in [0.1, 0.15) is 0 Å². The van der Waals surface area contributed by atoms with Crippen LogP contribution in [0.3, 0.4) is 0 Å². The molecule has 1 amide bonds. The number of rotatable bonds is 3. The van der Waals surface area contributed by atoms with Crippen molar-refractivity contribution in [3.8, 4) is 0 Å². The second-order valence-electron chi connectivity index (χ2n) is 3.95. The maximum atomic E-state index is 12.1. The molecule has 0 fully saturated rings. The lowest BCUT2D eigenvalue weighted by atomic mass is 10.2. The van der Waals surface area contributed by atoms with Crippen LogP contribution in [-0.4, -0.2) is 28.0 Å². The van der Waals surface area contributed by atoms with E-state index in [9.17, 15) is 4.79 Å². The molecule has 0 aromatic carbocycles. The van der Waals surface area contributed by atoms with Gasteiger partial charge in [-0.3, -0.25) is 4.79 Å². The van der Waals surface area contributed by atoms with Crippen LogP contribution in [-0.2, 0) is 6.54 Å². The van der Waals surface area contributed by atoms with Gasteiger partial charge < -0.3 is 13.8 Å². The highest BCUT2D eigenvalue weighted by Crippen LogP contribution is 2.21. The third-order valence-corrected chi connectivity index (χ3v) is 2.77. The number of nitrogens with zero attached hydrogens (tertiary/aromatic N) is 3. The van der Waals surface area contributed by atoms with E-state index in [1.807, 2.05) is 6.92 Å². The van der Waals surface area contributed by atoms with Crippen LogP contribution in [0.2, 0.25) is 0 Å². The highest BCUT2D eigenvalue weighted by Gasteiger charge is 2.20. The number of hydrogen-bond acceptors (Lipinski definition) is 5. The molecule has 0 atom stereocenters. The Bertz CT molecular complexity index is 576. The van der Waals surface area contributed by atoms with E-state index in [2.05, 4.69) is 26.1 Å². The van der Waals surface area contributed by atoms with E-state index >= 15 is 0 Å². The third-order valence-electron chi connectivity index (χ3n) is 2.38. The molecule has 0 radical (unpaired) electrons.